The second kappa shape index (κ2) is 5.03. The summed E-state index contributed by atoms with van der Waals surface area (Å²) in [6.07, 6.45) is 1.02. The lowest BCUT2D eigenvalue weighted by Gasteiger charge is -2.16. The molecule has 1 radical (unpaired) electrons. The molecule has 0 heterocycles. The number of hydrogen-bond donors (Lipinski definition) is 0. The van der Waals surface area contributed by atoms with Crippen molar-refractivity contribution in [1.29, 1.82) is 0 Å². The van der Waals surface area contributed by atoms with Crippen LogP contribution in [0.4, 0.5) is 0 Å². The summed E-state index contributed by atoms with van der Waals surface area (Å²) < 4.78 is 0. The first kappa shape index (κ1) is 10.3. The molecule has 0 N–H and O–H groups in total. The van der Waals surface area contributed by atoms with E-state index in [2.05, 4.69) is 19.1 Å². The number of hydrogen-bond acceptors (Lipinski definition) is 0. The van der Waals surface area contributed by atoms with Crippen molar-refractivity contribution in [2.45, 2.75) is 20.3 Å². The van der Waals surface area contributed by atoms with Crippen LogP contribution in [0.25, 0.3) is 0 Å². The lowest BCUT2D eigenvalue weighted by molar-refractivity contribution is 0.124. The molecule has 0 aliphatic heterocycles. The first-order valence-corrected chi connectivity index (χ1v) is 4.86. The van der Waals surface area contributed by atoms with Crippen LogP contribution >= 0.6 is 0 Å². The predicted molar refractivity (Wildman–Crippen MR) is 54.0 cm³/mol. The highest BCUT2D eigenvalue weighted by molar-refractivity contribution is 5.15. The summed E-state index contributed by atoms with van der Waals surface area (Å²) in [5.74, 6) is 0.764. The molecule has 1 heteroatoms. The molecule has 0 fully saturated rings. The van der Waals surface area contributed by atoms with E-state index in [-0.39, 0.29) is 12.5 Å². The first-order valence-electron chi connectivity index (χ1n) is 4.86. The zero-order valence-electron chi connectivity index (χ0n) is 8.36. The van der Waals surface area contributed by atoms with Crippen LogP contribution in [0.1, 0.15) is 19.4 Å². The van der Waals surface area contributed by atoms with Gasteiger partial charge in [0, 0.05) is 0 Å². The van der Waals surface area contributed by atoms with Gasteiger partial charge in [-0.3, -0.25) is 0 Å². The zero-order chi connectivity index (χ0) is 9.68. The Morgan fingerprint density at radius 3 is 2.23 bits per heavy atom. The van der Waals surface area contributed by atoms with Crippen molar-refractivity contribution >= 4 is 0 Å². The fraction of sp³-hybridized carbons (Fsp3) is 0.500. The Balaban J connectivity index is 2.50. The highest BCUT2D eigenvalue weighted by Crippen LogP contribution is 2.16. The molecule has 13 heavy (non-hydrogen) atoms. The molecule has 2 atom stereocenters. The Bertz CT molecular complexity index is 230. The largest absolute Gasteiger partial charge is 0.236 e. The molecular weight excluding hydrogens is 160 g/mol. The second-order valence-corrected chi connectivity index (χ2v) is 3.81. The highest BCUT2D eigenvalue weighted by Gasteiger charge is 2.11. The van der Waals surface area contributed by atoms with E-state index in [9.17, 15) is 5.11 Å². The molecule has 0 bridgehead atoms. The van der Waals surface area contributed by atoms with Crippen LogP contribution in [0.2, 0.25) is 0 Å². The van der Waals surface area contributed by atoms with E-state index in [1.807, 2.05) is 25.1 Å². The molecule has 0 aliphatic rings. The Labute approximate surface area is 80.4 Å². The van der Waals surface area contributed by atoms with Crippen molar-refractivity contribution < 1.29 is 5.11 Å². The van der Waals surface area contributed by atoms with Crippen molar-refractivity contribution in [2.24, 2.45) is 11.8 Å². The minimum absolute atomic E-state index is 0.0357. The highest BCUT2D eigenvalue weighted by atomic mass is 16.3. The van der Waals surface area contributed by atoms with E-state index < -0.39 is 0 Å². The normalized spacial score (nSPS) is 15.3. The number of rotatable bonds is 4. The maximum absolute atomic E-state index is 10.7. The van der Waals surface area contributed by atoms with Crippen LogP contribution < -0.4 is 0 Å². The van der Waals surface area contributed by atoms with E-state index in [4.69, 9.17) is 0 Å². The maximum atomic E-state index is 10.7. The molecule has 0 saturated heterocycles. The fourth-order valence-electron chi connectivity index (χ4n) is 1.35. The Morgan fingerprint density at radius 1 is 1.08 bits per heavy atom. The van der Waals surface area contributed by atoms with Crippen LogP contribution in [-0.2, 0) is 11.5 Å². The molecule has 0 spiro atoms. The summed E-state index contributed by atoms with van der Waals surface area (Å²) in [5, 5.41) is 10.7. The quantitative estimate of drug-likeness (QED) is 0.674. The molecule has 1 rings (SSSR count). The molecule has 2 unspecified atom stereocenters. The van der Waals surface area contributed by atoms with Gasteiger partial charge in [-0.2, -0.15) is 0 Å². The molecule has 71 valence electrons. The molecule has 1 aromatic carbocycles. The van der Waals surface area contributed by atoms with Gasteiger partial charge in [-0.15, -0.1) is 0 Å². The van der Waals surface area contributed by atoms with Crippen molar-refractivity contribution in [1.82, 2.24) is 0 Å². The Kier molecular flexibility index (Phi) is 3.97. The molecule has 0 amide bonds. The van der Waals surface area contributed by atoms with Crippen LogP contribution in [0.15, 0.2) is 30.3 Å². The van der Waals surface area contributed by atoms with Gasteiger partial charge in [0.1, 0.15) is 0 Å². The van der Waals surface area contributed by atoms with Gasteiger partial charge < -0.3 is 0 Å². The summed E-state index contributed by atoms with van der Waals surface area (Å²) >= 11 is 0. The van der Waals surface area contributed by atoms with E-state index in [1.54, 1.807) is 0 Å². The Hall–Kier alpha value is -0.820. The minimum atomic E-state index is 0.0357. The fourth-order valence-corrected chi connectivity index (χ4v) is 1.35. The van der Waals surface area contributed by atoms with Gasteiger partial charge >= 0.3 is 0 Å². The lowest BCUT2D eigenvalue weighted by Crippen LogP contribution is -2.13. The predicted octanol–water partition coefficient (Wildman–Crippen LogP) is 2.93. The Morgan fingerprint density at radius 2 is 1.69 bits per heavy atom. The summed E-state index contributed by atoms with van der Waals surface area (Å²) in [6.45, 7) is 4.21. The van der Waals surface area contributed by atoms with E-state index in [0.717, 1.165) is 6.42 Å². The van der Waals surface area contributed by atoms with Crippen molar-refractivity contribution in [3.05, 3.63) is 35.9 Å². The second-order valence-electron chi connectivity index (χ2n) is 3.81. The van der Waals surface area contributed by atoms with Gasteiger partial charge in [-0.05, 0) is 23.8 Å². The van der Waals surface area contributed by atoms with Crippen molar-refractivity contribution in [2.75, 3.05) is 6.61 Å². The minimum Gasteiger partial charge on any atom is -0.236 e. The van der Waals surface area contributed by atoms with Crippen LogP contribution in [-0.4, -0.2) is 6.61 Å². The molecule has 1 nitrogen and oxygen atoms in total. The third-order valence-corrected chi connectivity index (χ3v) is 2.63. The summed E-state index contributed by atoms with van der Waals surface area (Å²) in [5.41, 5.74) is 1.33. The van der Waals surface area contributed by atoms with Crippen molar-refractivity contribution in [3.8, 4) is 0 Å². The van der Waals surface area contributed by atoms with E-state index in [1.165, 1.54) is 5.56 Å². The van der Waals surface area contributed by atoms with Gasteiger partial charge in [0.2, 0.25) is 0 Å². The molecule has 0 aliphatic carbocycles. The van der Waals surface area contributed by atoms with Crippen LogP contribution in [0.5, 0.6) is 0 Å². The average molecular weight is 177 g/mol. The van der Waals surface area contributed by atoms with E-state index in [0.29, 0.717) is 5.92 Å². The monoisotopic (exact) mass is 177 g/mol. The molecular formula is C12H17O. The summed E-state index contributed by atoms with van der Waals surface area (Å²) in [7, 11) is 0. The standard InChI is InChI=1S/C12H17O/c1-10(11(2)9-13)8-12-6-4-3-5-7-12/h3-7,10-11H,8-9H2,1-2H3. The first-order chi connectivity index (χ1) is 6.24. The third kappa shape index (κ3) is 3.19. The number of benzene rings is 1. The van der Waals surface area contributed by atoms with Crippen LogP contribution in [0, 0.1) is 11.8 Å². The smallest absolute Gasteiger partial charge is 0.0850 e. The van der Waals surface area contributed by atoms with Gasteiger partial charge in [0.05, 0.1) is 6.61 Å². The molecule has 0 aromatic heterocycles. The molecule has 1 aromatic rings. The zero-order valence-corrected chi connectivity index (χ0v) is 8.36. The topological polar surface area (TPSA) is 19.9 Å². The summed E-state index contributed by atoms with van der Waals surface area (Å²) in [4.78, 5) is 0. The van der Waals surface area contributed by atoms with Gasteiger partial charge in [0.15, 0.2) is 0 Å². The van der Waals surface area contributed by atoms with Gasteiger partial charge in [-0.1, -0.05) is 44.2 Å². The average Bonchev–Trinajstić information content (AvgIpc) is 2.18. The lowest BCUT2D eigenvalue weighted by atomic mass is 9.90. The maximum Gasteiger partial charge on any atom is 0.0850 e. The van der Waals surface area contributed by atoms with Crippen LogP contribution in [0.3, 0.4) is 0 Å². The van der Waals surface area contributed by atoms with E-state index >= 15 is 0 Å². The van der Waals surface area contributed by atoms with Gasteiger partial charge in [-0.25, -0.2) is 5.11 Å². The molecule has 0 saturated carbocycles. The van der Waals surface area contributed by atoms with Crippen molar-refractivity contribution in [3.63, 3.8) is 0 Å². The third-order valence-electron chi connectivity index (χ3n) is 2.63. The SMILES string of the molecule is CC(C[O])C(C)Cc1ccccc1. The summed E-state index contributed by atoms with van der Waals surface area (Å²) in [6, 6.07) is 10.3. The van der Waals surface area contributed by atoms with Gasteiger partial charge in [0.25, 0.3) is 0 Å².